The number of para-hydroxylation sites is 2. The van der Waals surface area contributed by atoms with Crippen molar-refractivity contribution in [3.05, 3.63) is 40.8 Å². The number of hydrogen-bond acceptors (Lipinski definition) is 3. The van der Waals surface area contributed by atoms with Crippen molar-refractivity contribution in [3.8, 4) is 0 Å². The van der Waals surface area contributed by atoms with Crippen LogP contribution in [0.4, 0.5) is 0 Å². The molecule has 0 aliphatic rings. The van der Waals surface area contributed by atoms with Gasteiger partial charge in [0.05, 0.1) is 17.2 Å². The van der Waals surface area contributed by atoms with Crippen LogP contribution in [0.3, 0.4) is 0 Å². The van der Waals surface area contributed by atoms with Crippen molar-refractivity contribution in [1.29, 1.82) is 0 Å². The predicted octanol–water partition coefficient (Wildman–Crippen LogP) is 2.17. The zero-order valence-electron chi connectivity index (χ0n) is 11.6. The highest BCUT2D eigenvalue weighted by Gasteiger charge is 2.05. The summed E-state index contributed by atoms with van der Waals surface area (Å²) in [6, 6.07) is 8.28. The summed E-state index contributed by atoms with van der Waals surface area (Å²) in [6.45, 7) is 5.84. The summed E-state index contributed by atoms with van der Waals surface area (Å²) in [6.07, 6.45) is 3.63. The summed E-state index contributed by atoms with van der Waals surface area (Å²) in [5.74, 6) is 0. The van der Waals surface area contributed by atoms with E-state index in [-0.39, 0.29) is 5.56 Å². The minimum absolute atomic E-state index is 0.0370. The van der Waals surface area contributed by atoms with Crippen LogP contribution in [-0.4, -0.2) is 22.1 Å². The van der Waals surface area contributed by atoms with Gasteiger partial charge in [-0.3, -0.25) is 4.79 Å². The van der Waals surface area contributed by atoms with Crippen LogP contribution in [0.15, 0.2) is 35.3 Å². The van der Waals surface area contributed by atoms with Gasteiger partial charge in [-0.2, -0.15) is 0 Å². The van der Waals surface area contributed by atoms with E-state index in [1.54, 1.807) is 4.57 Å². The maximum Gasteiger partial charge on any atom is 0.269 e. The average Bonchev–Trinajstić information content (AvgIpc) is 2.45. The second-order valence-corrected chi connectivity index (χ2v) is 4.70. The molecule has 2 rings (SSSR count). The van der Waals surface area contributed by atoms with Gasteiger partial charge in [-0.15, -0.1) is 0 Å². The maximum absolute atomic E-state index is 11.9. The maximum atomic E-state index is 11.9. The van der Waals surface area contributed by atoms with E-state index in [1.165, 1.54) is 6.20 Å². The fourth-order valence-corrected chi connectivity index (χ4v) is 2.30. The number of nitrogens with one attached hydrogen (secondary N) is 1. The Morgan fingerprint density at radius 2 is 2.00 bits per heavy atom. The van der Waals surface area contributed by atoms with Crippen molar-refractivity contribution in [2.75, 3.05) is 6.54 Å². The molecule has 0 unspecified atom stereocenters. The summed E-state index contributed by atoms with van der Waals surface area (Å²) < 4.78 is 1.79. The Bertz CT molecular complexity index is 587. The molecule has 0 fully saturated rings. The molecule has 0 spiro atoms. The van der Waals surface area contributed by atoms with Crippen molar-refractivity contribution in [2.45, 2.75) is 39.3 Å². The Morgan fingerprint density at radius 1 is 1.26 bits per heavy atom. The average molecular weight is 259 g/mol. The van der Waals surface area contributed by atoms with Crippen LogP contribution < -0.4 is 10.9 Å². The van der Waals surface area contributed by atoms with Gasteiger partial charge in [0, 0.05) is 19.1 Å². The summed E-state index contributed by atoms with van der Waals surface area (Å²) >= 11 is 0. The summed E-state index contributed by atoms with van der Waals surface area (Å²) in [7, 11) is 0. The Balaban J connectivity index is 2.16. The van der Waals surface area contributed by atoms with Crippen LogP contribution in [0.2, 0.25) is 0 Å². The molecule has 0 aliphatic heterocycles. The van der Waals surface area contributed by atoms with Crippen LogP contribution in [0.1, 0.15) is 26.7 Å². The molecule has 102 valence electrons. The molecular formula is C15H21N3O. The summed E-state index contributed by atoms with van der Waals surface area (Å²) in [4.78, 5) is 16.1. The van der Waals surface area contributed by atoms with Crippen molar-refractivity contribution < 1.29 is 0 Å². The molecule has 0 saturated carbocycles. The van der Waals surface area contributed by atoms with E-state index in [0.717, 1.165) is 30.4 Å². The SMILES string of the molecule is CCC(CC)NCCn1c(=O)cnc2ccccc21. The van der Waals surface area contributed by atoms with E-state index < -0.39 is 0 Å². The van der Waals surface area contributed by atoms with Crippen molar-refractivity contribution >= 4 is 11.0 Å². The van der Waals surface area contributed by atoms with E-state index in [2.05, 4.69) is 24.1 Å². The van der Waals surface area contributed by atoms with Gasteiger partial charge in [0.25, 0.3) is 5.56 Å². The molecule has 0 bridgehead atoms. The van der Waals surface area contributed by atoms with Gasteiger partial charge >= 0.3 is 0 Å². The number of rotatable bonds is 6. The fourth-order valence-electron chi connectivity index (χ4n) is 2.30. The number of nitrogens with zero attached hydrogens (tertiary/aromatic N) is 2. The molecule has 19 heavy (non-hydrogen) atoms. The van der Waals surface area contributed by atoms with Crippen LogP contribution >= 0.6 is 0 Å². The third kappa shape index (κ3) is 3.20. The second-order valence-electron chi connectivity index (χ2n) is 4.70. The van der Waals surface area contributed by atoms with Gasteiger partial charge in [-0.1, -0.05) is 26.0 Å². The molecule has 1 aromatic heterocycles. The Kier molecular flexibility index (Phi) is 4.68. The van der Waals surface area contributed by atoms with E-state index >= 15 is 0 Å². The first kappa shape index (κ1) is 13.7. The van der Waals surface area contributed by atoms with E-state index in [1.807, 2.05) is 24.3 Å². The summed E-state index contributed by atoms with van der Waals surface area (Å²) in [5, 5.41) is 3.48. The van der Waals surface area contributed by atoms with E-state index in [4.69, 9.17) is 0 Å². The second kappa shape index (κ2) is 6.48. The molecule has 0 aliphatic carbocycles. The molecular weight excluding hydrogens is 238 g/mol. The molecule has 4 nitrogen and oxygen atoms in total. The molecule has 1 aromatic carbocycles. The number of benzene rings is 1. The van der Waals surface area contributed by atoms with Gasteiger partial charge < -0.3 is 9.88 Å². The third-order valence-corrected chi connectivity index (χ3v) is 3.51. The van der Waals surface area contributed by atoms with Gasteiger partial charge in [0.1, 0.15) is 0 Å². The zero-order chi connectivity index (χ0) is 13.7. The zero-order valence-corrected chi connectivity index (χ0v) is 11.6. The van der Waals surface area contributed by atoms with Crippen LogP contribution in [0.5, 0.6) is 0 Å². The Hall–Kier alpha value is -1.68. The first-order chi connectivity index (χ1) is 9.26. The molecule has 1 heterocycles. The van der Waals surface area contributed by atoms with Crippen LogP contribution in [0.25, 0.3) is 11.0 Å². The highest BCUT2D eigenvalue weighted by atomic mass is 16.1. The van der Waals surface area contributed by atoms with Gasteiger partial charge in [-0.25, -0.2) is 4.98 Å². The number of fused-ring (bicyclic) bond motifs is 1. The van der Waals surface area contributed by atoms with E-state index in [9.17, 15) is 4.79 Å². The first-order valence-corrected chi connectivity index (χ1v) is 6.94. The molecule has 0 saturated heterocycles. The molecule has 0 amide bonds. The molecule has 2 aromatic rings. The van der Waals surface area contributed by atoms with E-state index in [0.29, 0.717) is 12.6 Å². The predicted molar refractivity (Wildman–Crippen MR) is 78.4 cm³/mol. The lowest BCUT2D eigenvalue weighted by Gasteiger charge is -2.16. The molecule has 1 N–H and O–H groups in total. The highest BCUT2D eigenvalue weighted by Crippen LogP contribution is 2.07. The fraction of sp³-hybridized carbons (Fsp3) is 0.467. The topological polar surface area (TPSA) is 46.9 Å². The van der Waals surface area contributed by atoms with Gasteiger partial charge in [0.2, 0.25) is 0 Å². The van der Waals surface area contributed by atoms with Crippen LogP contribution in [-0.2, 0) is 6.54 Å². The number of aromatic nitrogens is 2. The quantitative estimate of drug-likeness (QED) is 0.865. The molecule has 0 radical (unpaired) electrons. The highest BCUT2D eigenvalue weighted by molar-refractivity contribution is 5.74. The summed E-state index contributed by atoms with van der Waals surface area (Å²) in [5.41, 5.74) is 1.73. The van der Waals surface area contributed by atoms with Crippen molar-refractivity contribution in [2.24, 2.45) is 0 Å². The van der Waals surface area contributed by atoms with Gasteiger partial charge in [0.15, 0.2) is 0 Å². The normalized spacial score (nSPS) is 11.3. The lowest BCUT2D eigenvalue weighted by atomic mass is 10.2. The van der Waals surface area contributed by atoms with Crippen LogP contribution in [0, 0.1) is 0 Å². The van der Waals surface area contributed by atoms with Crippen molar-refractivity contribution in [3.63, 3.8) is 0 Å². The van der Waals surface area contributed by atoms with Gasteiger partial charge in [-0.05, 0) is 25.0 Å². The molecule has 4 heteroatoms. The van der Waals surface area contributed by atoms with Crippen molar-refractivity contribution in [1.82, 2.24) is 14.9 Å². The lowest BCUT2D eigenvalue weighted by molar-refractivity contribution is 0.465. The minimum Gasteiger partial charge on any atom is -0.312 e. The molecule has 0 atom stereocenters. The Labute approximate surface area is 113 Å². The lowest BCUT2D eigenvalue weighted by Crippen LogP contribution is -2.33. The largest absolute Gasteiger partial charge is 0.312 e. The smallest absolute Gasteiger partial charge is 0.269 e. The standard InChI is InChI=1S/C15H21N3O/c1-3-12(4-2)16-9-10-18-14-8-6-5-7-13(14)17-11-15(18)19/h5-8,11-12,16H,3-4,9-10H2,1-2H3. The minimum atomic E-state index is -0.0370. The Morgan fingerprint density at radius 3 is 2.74 bits per heavy atom. The third-order valence-electron chi connectivity index (χ3n) is 3.51. The first-order valence-electron chi connectivity index (χ1n) is 6.94. The monoisotopic (exact) mass is 259 g/mol. The number of hydrogen-bond donors (Lipinski definition) is 1.